The van der Waals surface area contributed by atoms with E-state index in [9.17, 15) is 0 Å². The molecule has 0 spiro atoms. The van der Waals surface area contributed by atoms with E-state index in [1.54, 1.807) is 0 Å². The first-order valence-electron chi connectivity index (χ1n) is 5.25. The molecular formula is C12H16N2O. The smallest absolute Gasteiger partial charge is 0.109 e. The fraction of sp³-hybridized carbons (Fsp3) is 0.417. The van der Waals surface area contributed by atoms with Crippen LogP contribution in [-0.4, -0.2) is 21.3 Å². The Balaban J connectivity index is 2.44. The summed E-state index contributed by atoms with van der Waals surface area (Å²) in [5.41, 5.74) is 3.44. The summed E-state index contributed by atoms with van der Waals surface area (Å²) in [5, 5.41) is 8.80. The first-order valence-corrected chi connectivity index (χ1v) is 5.25. The molecule has 1 aromatic heterocycles. The number of aliphatic hydroxyl groups is 1. The van der Waals surface area contributed by atoms with E-state index in [4.69, 9.17) is 5.11 Å². The maximum absolute atomic E-state index is 8.80. The van der Waals surface area contributed by atoms with Gasteiger partial charge in [0.15, 0.2) is 0 Å². The molecule has 0 aliphatic carbocycles. The normalized spacial score (nSPS) is 11.1. The highest BCUT2D eigenvalue weighted by molar-refractivity contribution is 5.76. The third-order valence-electron chi connectivity index (χ3n) is 2.69. The molecule has 1 heterocycles. The van der Waals surface area contributed by atoms with Gasteiger partial charge in [-0.3, -0.25) is 0 Å². The molecule has 15 heavy (non-hydrogen) atoms. The standard InChI is InChI=1S/C12H16N2O/c1-9-5-6-11-10(8-9)13-12(14(11)2)4-3-7-15/h5-6,8,15H,3-4,7H2,1-2H3. The molecule has 0 atom stereocenters. The number of imidazole rings is 1. The Kier molecular flexibility index (Phi) is 2.73. The fourth-order valence-electron chi connectivity index (χ4n) is 1.82. The monoisotopic (exact) mass is 204 g/mol. The van der Waals surface area contributed by atoms with Crippen LogP contribution in [0.2, 0.25) is 0 Å². The molecule has 0 radical (unpaired) electrons. The molecule has 1 N–H and O–H groups in total. The van der Waals surface area contributed by atoms with E-state index in [2.05, 4.69) is 34.7 Å². The summed E-state index contributed by atoms with van der Waals surface area (Å²) in [6.45, 7) is 2.30. The van der Waals surface area contributed by atoms with E-state index >= 15 is 0 Å². The number of aliphatic hydroxyl groups excluding tert-OH is 1. The lowest BCUT2D eigenvalue weighted by molar-refractivity contribution is 0.287. The number of aromatic nitrogens is 2. The van der Waals surface area contributed by atoms with Crippen molar-refractivity contribution < 1.29 is 5.11 Å². The molecular weight excluding hydrogens is 188 g/mol. The molecule has 2 aromatic rings. The van der Waals surface area contributed by atoms with Gasteiger partial charge >= 0.3 is 0 Å². The van der Waals surface area contributed by atoms with Crippen LogP contribution in [0.4, 0.5) is 0 Å². The second-order valence-electron chi connectivity index (χ2n) is 3.91. The zero-order chi connectivity index (χ0) is 10.8. The molecule has 3 nitrogen and oxygen atoms in total. The van der Waals surface area contributed by atoms with Gasteiger partial charge in [0.05, 0.1) is 11.0 Å². The Morgan fingerprint density at radius 2 is 2.20 bits per heavy atom. The van der Waals surface area contributed by atoms with Crippen molar-refractivity contribution in [1.29, 1.82) is 0 Å². The number of aryl methyl sites for hydroxylation is 3. The molecule has 3 heteroatoms. The van der Waals surface area contributed by atoms with Gasteiger partial charge in [0.1, 0.15) is 5.82 Å². The number of hydrogen-bond acceptors (Lipinski definition) is 2. The zero-order valence-corrected chi connectivity index (χ0v) is 9.20. The van der Waals surface area contributed by atoms with Crippen LogP contribution < -0.4 is 0 Å². The van der Waals surface area contributed by atoms with E-state index in [1.807, 2.05) is 7.05 Å². The van der Waals surface area contributed by atoms with Crippen molar-refractivity contribution in [1.82, 2.24) is 9.55 Å². The molecule has 0 bridgehead atoms. The van der Waals surface area contributed by atoms with Crippen LogP contribution >= 0.6 is 0 Å². The number of fused-ring (bicyclic) bond motifs is 1. The Labute approximate surface area is 89.4 Å². The summed E-state index contributed by atoms with van der Waals surface area (Å²) in [6.07, 6.45) is 1.61. The minimum Gasteiger partial charge on any atom is -0.396 e. The lowest BCUT2D eigenvalue weighted by Crippen LogP contribution is -1.99. The average molecular weight is 204 g/mol. The summed E-state index contributed by atoms with van der Waals surface area (Å²) in [7, 11) is 2.03. The predicted octanol–water partition coefficient (Wildman–Crippen LogP) is 1.81. The number of hydrogen-bond donors (Lipinski definition) is 1. The highest BCUT2D eigenvalue weighted by Crippen LogP contribution is 2.17. The number of rotatable bonds is 3. The topological polar surface area (TPSA) is 38.1 Å². The second kappa shape index (κ2) is 4.03. The molecule has 0 saturated carbocycles. The Morgan fingerprint density at radius 3 is 2.93 bits per heavy atom. The number of benzene rings is 1. The van der Waals surface area contributed by atoms with Crippen molar-refractivity contribution in [2.45, 2.75) is 19.8 Å². The Bertz CT molecular complexity index is 474. The van der Waals surface area contributed by atoms with Crippen LogP contribution in [0.5, 0.6) is 0 Å². The van der Waals surface area contributed by atoms with Crippen LogP contribution in [0.15, 0.2) is 18.2 Å². The first kappa shape index (κ1) is 10.2. The van der Waals surface area contributed by atoms with Gasteiger partial charge in [-0.25, -0.2) is 4.98 Å². The summed E-state index contributed by atoms with van der Waals surface area (Å²) < 4.78 is 2.10. The predicted molar refractivity (Wildman–Crippen MR) is 60.9 cm³/mol. The van der Waals surface area contributed by atoms with Crippen LogP contribution in [0.3, 0.4) is 0 Å². The zero-order valence-electron chi connectivity index (χ0n) is 9.20. The molecule has 2 rings (SSSR count). The first-order chi connectivity index (χ1) is 7.22. The van der Waals surface area contributed by atoms with Crippen molar-refractivity contribution in [2.75, 3.05) is 6.61 Å². The van der Waals surface area contributed by atoms with Gasteiger partial charge < -0.3 is 9.67 Å². The Morgan fingerprint density at radius 1 is 1.40 bits per heavy atom. The van der Waals surface area contributed by atoms with Gasteiger partial charge in [0.2, 0.25) is 0 Å². The highest BCUT2D eigenvalue weighted by Gasteiger charge is 2.06. The van der Waals surface area contributed by atoms with E-state index in [0.29, 0.717) is 0 Å². The maximum Gasteiger partial charge on any atom is 0.109 e. The van der Waals surface area contributed by atoms with Gasteiger partial charge in [-0.05, 0) is 31.0 Å². The Hall–Kier alpha value is -1.35. The molecule has 0 unspecified atom stereocenters. The average Bonchev–Trinajstić information content (AvgIpc) is 2.52. The van der Waals surface area contributed by atoms with Gasteiger partial charge in [-0.2, -0.15) is 0 Å². The molecule has 0 amide bonds. The van der Waals surface area contributed by atoms with Gasteiger partial charge in [0.25, 0.3) is 0 Å². The van der Waals surface area contributed by atoms with Crippen molar-refractivity contribution in [3.05, 3.63) is 29.6 Å². The van der Waals surface area contributed by atoms with E-state index < -0.39 is 0 Å². The van der Waals surface area contributed by atoms with Crippen LogP contribution in [0.1, 0.15) is 17.8 Å². The van der Waals surface area contributed by atoms with Crippen LogP contribution in [0.25, 0.3) is 11.0 Å². The van der Waals surface area contributed by atoms with E-state index in [0.717, 1.165) is 29.7 Å². The lowest BCUT2D eigenvalue weighted by Gasteiger charge is -2.00. The third kappa shape index (κ3) is 1.88. The summed E-state index contributed by atoms with van der Waals surface area (Å²) in [5.74, 6) is 1.05. The fourth-order valence-corrected chi connectivity index (χ4v) is 1.82. The minimum atomic E-state index is 0.224. The van der Waals surface area contributed by atoms with E-state index in [1.165, 1.54) is 5.56 Å². The highest BCUT2D eigenvalue weighted by atomic mass is 16.2. The van der Waals surface area contributed by atoms with E-state index in [-0.39, 0.29) is 6.61 Å². The summed E-state index contributed by atoms with van der Waals surface area (Å²) in [4.78, 5) is 4.56. The minimum absolute atomic E-state index is 0.224. The van der Waals surface area contributed by atoms with Crippen molar-refractivity contribution in [3.63, 3.8) is 0 Å². The SMILES string of the molecule is Cc1ccc2c(c1)nc(CCCO)n2C. The quantitative estimate of drug-likeness (QED) is 0.828. The van der Waals surface area contributed by atoms with Crippen molar-refractivity contribution in [3.8, 4) is 0 Å². The summed E-state index contributed by atoms with van der Waals surface area (Å²) >= 11 is 0. The molecule has 0 fully saturated rings. The molecule has 0 saturated heterocycles. The summed E-state index contributed by atoms with van der Waals surface area (Å²) in [6, 6.07) is 6.29. The van der Waals surface area contributed by atoms with Crippen LogP contribution in [-0.2, 0) is 13.5 Å². The lowest BCUT2D eigenvalue weighted by atomic mass is 10.2. The number of nitrogens with zero attached hydrogens (tertiary/aromatic N) is 2. The van der Waals surface area contributed by atoms with Gasteiger partial charge in [-0.1, -0.05) is 6.07 Å². The molecule has 0 aliphatic rings. The van der Waals surface area contributed by atoms with Crippen LogP contribution in [0, 0.1) is 6.92 Å². The van der Waals surface area contributed by atoms with Crippen molar-refractivity contribution >= 4 is 11.0 Å². The van der Waals surface area contributed by atoms with Crippen molar-refractivity contribution in [2.24, 2.45) is 7.05 Å². The molecule has 80 valence electrons. The molecule has 1 aromatic carbocycles. The van der Waals surface area contributed by atoms with Gasteiger partial charge in [-0.15, -0.1) is 0 Å². The van der Waals surface area contributed by atoms with Gasteiger partial charge in [0, 0.05) is 20.1 Å². The third-order valence-corrected chi connectivity index (χ3v) is 2.69. The maximum atomic E-state index is 8.80. The molecule has 0 aliphatic heterocycles. The largest absolute Gasteiger partial charge is 0.396 e. The second-order valence-corrected chi connectivity index (χ2v) is 3.91.